The summed E-state index contributed by atoms with van der Waals surface area (Å²) in [5.41, 5.74) is 4.69. The lowest BCUT2D eigenvalue weighted by molar-refractivity contribution is 0.0723. The Hall–Kier alpha value is -3.32. The Morgan fingerprint density at radius 1 is 0.943 bits per heavy atom. The predicted molar refractivity (Wildman–Crippen MR) is 144 cm³/mol. The van der Waals surface area contributed by atoms with Crippen molar-refractivity contribution >= 4 is 27.3 Å². The lowest BCUT2D eigenvalue weighted by atomic mass is 10.1. The maximum Gasteiger partial charge on any atom is 0.254 e. The minimum atomic E-state index is -3.59. The number of hydrogen-bond donors (Lipinski definition) is 1. The summed E-state index contributed by atoms with van der Waals surface area (Å²) in [4.78, 5) is 17.2. The summed E-state index contributed by atoms with van der Waals surface area (Å²) in [6, 6.07) is 22.2. The van der Waals surface area contributed by atoms with Crippen LogP contribution in [0.2, 0.25) is 0 Å². The van der Waals surface area contributed by atoms with Crippen molar-refractivity contribution in [3.63, 3.8) is 0 Å². The summed E-state index contributed by atoms with van der Waals surface area (Å²) >= 11 is 0. The van der Waals surface area contributed by atoms with Crippen LogP contribution in [-0.2, 0) is 22.3 Å². The summed E-state index contributed by atoms with van der Waals surface area (Å²) in [5.74, 6) is 0.130. The van der Waals surface area contributed by atoms with Gasteiger partial charge in [0.25, 0.3) is 5.91 Å². The number of rotatable bonds is 10. The second kappa shape index (κ2) is 11.4. The molecular formula is C28H35N3O3S. The van der Waals surface area contributed by atoms with Crippen LogP contribution in [-0.4, -0.2) is 39.9 Å². The summed E-state index contributed by atoms with van der Waals surface area (Å²) < 4.78 is 28.3. The van der Waals surface area contributed by atoms with Crippen molar-refractivity contribution in [1.29, 1.82) is 0 Å². The van der Waals surface area contributed by atoms with Gasteiger partial charge in [-0.25, -0.2) is 8.42 Å². The normalized spacial score (nSPS) is 11.4. The Morgan fingerprint density at radius 2 is 1.66 bits per heavy atom. The molecule has 0 bridgehead atoms. The Balaban J connectivity index is 1.90. The fourth-order valence-corrected chi connectivity index (χ4v) is 5.24. The molecule has 1 N–H and O–H groups in total. The third kappa shape index (κ3) is 7.59. The van der Waals surface area contributed by atoms with Gasteiger partial charge in [-0.15, -0.1) is 0 Å². The number of benzene rings is 3. The molecule has 0 aliphatic carbocycles. The number of aryl methyl sites for hydroxylation is 1. The van der Waals surface area contributed by atoms with Crippen molar-refractivity contribution in [2.24, 2.45) is 5.92 Å². The number of sulfonamides is 1. The first kappa shape index (κ1) is 26.3. The third-order valence-electron chi connectivity index (χ3n) is 5.53. The van der Waals surface area contributed by atoms with Gasteiger partial charge in [-0.1, -0.05) is 61.9 Å². The molecule has 0 aliphatic rings. The topological polar surface area (TPSA) is 69.7 Å². The molecule has 0 fully saturated rings. The van der Waals surface area contributed by atoms with Crippen LogP contribution in [0.4, 0.5) is 11.4 Å². The van der Waals surface area contributed by atoms with Crippen molar-refractivity contribution in [2.45, 2.75) is 33.1 Å². The number of carbonyl (C=O) groups is 1. The quantitative estimate of drug-likeness (QED) is 0.416. The molecule has 0 saturated heterocycles. The maximum absolute atomic E-state index is 13.4. The number of nitrogens with zero attached hydrogens (tertiary/aromatic N) is 2. The van der Waals surface area contributed by atoms with E-state index in [1.165, 1.54) is 0 Å². The number of carbonyl (C=O) groups excluding carboxylic acids is 1. The molecule has 0 heterocycles. The minimum Gasteiger partial charge on any atom is -0.377 e. The van der Waals surface area contributed by atoms with Crippen LogP contribution >= 0.6 is 0 Å². The molecule has 3 aromatic carbocycles. The van der Waals surface area contributed by atoms with E-state index in [0.29, 0.717) is 24.3 Å². The first-order valence-corrected chi connectivity index (χ1v) is 13.4. The molecule has 1 amide bonds. The summed E-state index contributed by atoms with van der Waals surface area (Å²) in [7, 11) is 0.282. The Bertz CT molecular complexity index is 1260. The second-order valence-electron chi connectivity index (χ2n) is 9.53. The fourth-order valence-electron chi connectivity index (χ4n) is 4.05. The highest BCUT2D eigenvalue weighted by atomic mass is 32.2. The molecule has 35 heavy (non-hydrogen) atoms. The van der Waals surface area contributed by atoms with Crippen LogP contribution in [0, 0.1) is 12.8 Å². The van der Waals surface area contributed by atoms with Gasteiger partial charge < -0.3 is 9.80 Å². The lowest BCUT2D eigenvalue weighted by Gasteiger charge is -2.28. The molecule has 3 aromatic rings. The molecule has 0 atom stereocenters. The zero-order valence-corrected chi connectivity index (χ0v) is 22.0. The van der Waals surface area contributed by atoms with Gasteiger partial charge in [0.2, 0.25) is 10.0 Å². The van der Waals surface area contributed by atoms with Crippen LogP contribution in [0.25, 0.3) is 0 Å². The van der Waals surface area contributed by atoms with Gasteiger partial charge in [-0.2, -0.15) is 0 Å². The maximum atomic E-state index is 13.4. The van der Waals surface area contributed by atoms with Crippen molar-refractivity contribution in [3.05, 3.63) is 95.1 Å². The lowest BCUT2D eigenvalue weighted by Crippen LogP contribution is -2.34. The van der Waals surface area contributed by atoms with Crippen molar-refractivity contribution in [2.75, 3.05) is 30.3 Å². The molecule has 0 unspecified atom stereocenters. The molecule has 0 radical (unpaired) electrons. The van der Waals surface area contributed by atoms with E-state index < -0.39 is 10.0 Å². The van der Waals surface area contributed by atoms with E-state index >= 15 is 0 Å². The van der Waals surface area contributed by atoms with E-state index in [4.69, 9.17) is 0 Å². The van der Waals surface area contributed by atoms with Gasteiger partial charge >= 0.3 is 0 Å². The standard InChI is InChI=1S/C28H35N3O3S/c1-21(2)18-31(28(32)24-13-9-10-22(3)16-24)19-25-17-26(14-15-27(25)30(4)5)29-35(33,34)20-23-11-7-6-8-12-23/h6-17,21,29H,18-20H2,1-5H3. The van der Waals surface area contributed by atoms with E-state index in [9.17, 15) is 13.2 Å². The highest BCUT2D eigenvalue weighted by Crippen LogP contribution is 2.26. The van der Waals surface area contributed by atoms with Crippen LogP contribution in [0.1, 0.15) is 40.9 Å². The van der Waals surface area contributed by atoms with E-state index in [-0.39, 0.29) is 17.6 Å². The first-order chi connectivity index (χ1) is 16.5. The van der Waals surface area contributed by atoms with Gasteiger partial charge in [0.1, 0.15) is 0 Å². The summed E-state index contributed by atoms with van der Waals surface area (Å²) in [6.45, 7) is 7.09. The van der Waals surface area contributed by atoms with Gasteiger partial charge in [0, 0.05) is 44.1 Å². The Kier molecular flexibility index (Phi) is 8.57. The highest BCUT2D eigenvalue weighted by molar-refractivity contribution is 7.91. The number of amides is 1. The highest BCUT2D eigenvalue weighted by Gasteiger charge is 2.20. The molecule has 186 valence electrons. The molecule has 0 spiro atoms. The number of hydrogen-bond acceptors (Lipinski definition) is 4. The number of nitrogens with one attached hydrogen (secondary N) is 1. The Labute approximate surface area is 209 Å². The molecular weight excluding hydrogens is 458 g/mol. The van der Waals surface area contributed by atoms with Crippen LogP contribution < -0.4 is 9.62 Å². The van der Waals surface area contributed by atoms with E-state index in [0.717, 1.165) is 22.4 Å². The van der Waals surface area contributed by atoms with Gasteiger partial charge in [0.05, 0.1) is 5.75 Å². The molecule has 6 nitrogen and oxygen atoms in total. The van der Waals surface area contributed by atoms with Gasteiger partial charge in [-0.05, 0) is 54.3 Å². The number of anilines is 2. The summed E-state index contributed by atoms with van der Waals surface area (Å²) in [5, 5.41) is 0. The Morgan fingerprint density at radius 3 is 2.29 bits per heavy atom. The molecule has 3 rings (SSSR count). The van der Waals surface area contributed by atoms with Crippen LogP contribution in [0.15, 0.2) is 72.8 Å². The van der Waals surface area contributed by atoms with Gasteiger partial charge in [-0.3, -0.25) is 9.52 Å². The van der Waals surface area contributed by atoms with Gasteiger partial charge in [0.15, 0.2) is 0 Å². The second-order valence-corrected chi connectivity index (χ2v) is 11.3. The van der Waals surface area contributed by atoms with Crippen molar-refractivity contribution in [3.8, 4) is 0 Å². The average Bonchev–Trinajstić information content (AvgIpc) is 2.78. The largest absolute Gasteiger partial charge is 0.377 e. The van der Waals surface area contributed by atoms with E-state index in [1.54, 1.807) is 18.2 Å². The predicted octanol–water partition coefficient (Wildman–Crippen LogP) is 5.30. The molecule has 7 heteroatoms. The van der Waals surface area contributed by atoms with Crippen molar-refractivity contribution < 1.29 is 13.2 Å². The van der Waals surface area contributed by atoms with Crippen LogP contribution in [0.5, 0.6) is 0 Å². The third-order valence-corrected chi connectivity index (χ3v) is 6.79. The fraction of sp³-hybridized carbons (Fsp3) is 0.321. The smallest absolute Gasteiger partial charge is 0.254 e. The zero-order chi connectivity index (χ0) is 25.6. The molecule has 0 aliphatic heterocycles. The van der Waals surface area contributed by atoms with Crippen LogP contribution in [0.3, 0.4) is 0 Å². The molecule has 0 aromatic heterocycles. The van der Waals surface area contributed by atoms with E-state index in [1.807, 2.05) is 85.4 Å². The minimum absolute atomic E-state index is 0.0397. The SMILES string of the molecule is Cc1cccc(C(=O)N(Cc2cc(NS(=O)(=O)Cc3ccccc3)ccc2N(C)C)CC(C)C)c1. The monoisotopic (exact) mass is 493 g/mol. The van der Waals surface area contributed by atoms with Crippen molar-refractivity contribution in [1.82, 2.24) is 4.90 Å². The zero-order valence-electron chi connectivity index (χ0n) is 21.2. The average molecular weight is 494 g/mol. The summed E-state index contributed by atoms with van der Waals surface area (Å²) in [6.07, 6.45) is 0. The molecule has 0 saturated carbocycles. The van der Waals surface area contributed by atoms with E-state index in [2.05, 4.69) is 18.6 Å². The first-order valence-electron chi connectivity index (χ1n) is 11.7.